The van der Waals surface area contributed by atoms with Crippen molar-refractivity contribution in [1.82, 2.24) is 0 Å². The third kappa shape index (κ3) is 2.82. The lowest BCUT2D eigenvalue weighted by Crippen LogP contribution is -2.34. The fraction of sp³-hybridized carbons (Fsp3) is 0.333. The number of carbonyl (C=O) groups excluding carboxylic acids is 1. The van der Waals surface area contributed by atoms with Crippen LogP contribution in [-0.4, -0.2) is 17.0 Å². The first-order chi connectivity index (χ1) is 7.44. The van der Waals surface area contributed by atoms with Crippen LogP contribution in [0.25, 0.3) is 0 Å². The van der Waals surface area contributed by atoms with Crippen LogP contribution >= 0.6 is 0 Å². The molecule has 86 valence electrons. The van der Waals surface area contributed by atoms with Crippen LogP contribution in [0.4, 0.5) is 0 Å². The molecule has 0 saturated carbocycles. The second kappa shape index (κ2) is 4.79. The molecule has 0 aliphatic rings. The van der Waals surface area contributed by atoms with E-state index in [0.717, 1.165) is 5.56 Å². The zero-order chi connectivity index (χ0) is 12.2. The highest BCUT2D eigenvalue weighted by molar-refractivity contribution is 5.98. The van der Waals surface area contributed by atoms with Gasteiger partial charge in [-0.2, -0.15) is 0 Å². The lowest BCUT2D eigenvalue weighted by molar-refractivity contribution is -0.167. The molecule has 0 spiro atoms. The van der Waals surface area contributed by atoms with Crippen molar-refractivity contribution in [3.05, 3.63) is 35.9 Å². The molecule has 0 aliphatic heterocycles. The van der Waals surface area contributed by atoms with Gasteiger partial charge in [0, 0.05) is 0 Å². The quantitative estimate of drug-likeness (QED) is 0.623. The number of ether oxygens (including phenoxy) is 1. The minimum atomic E-state index is -1.51. The molecular weight excluding hydrogens is 208 g/mol. The van der Waals surface area contributed by atoms with Gasteiger partial charge >= 0.3 is 11.9 Å². The molecule has 1 N–H and O–H groups in total. The number of carboxylic acids is 1. The van der Waals surface area contributed by atoms with Crippen LogP contribution in [0.2, 0.25) is 0 Å². The van der Waals surface area contributed by atoms with E-state index in [1.807, 2.05) is 18.2 Å². The Bertz CT molecular complexity index is 381. The van der Waals surface area contributed by atoms with E-state index in [4.69, 9.17) is 9.84 Å². The zero-order valence-corrected chi connectivity index (χ0v) is 9.27. The first-order valence-electron chi connectivity index (χ1n) is 4.89. The Balaban J connectivity index is 2.57. The Morgan fingerprint density at radius 3 is 2.31 bits per heavy atom. The topological polar surface area (TPSA) is 63.6 Å². The molecule has 4 nitrogen and oxygen atoms in total. The van der Waals surface area contributed by atoms with Crippen molar-refractivity contribution in [2.45, 2.75) is 20.5 Å². The third-order valence-corrected chi connectivity index (χ3v) is 2.26. The summed E-state index contributed by atoms with van der Waals surface area (Å²) in [5.41, 5.74) is -0.675. The van der Waals surface area contributed by atoms with E-state index in [-0.39, 0.29) is 6.61 Å². The average Bonchev–Trinajstić information content (AvgIpc) is 2.27. The normalized spacial score (nSPS) is 10.9. The number of carboxylic acid groups (broad SMARTS) is 1. The minimum Gasteiger partial charge on any atom is -0.480 e. The number of esters is 1. The van der Waals surface area contributed by atoms with E-state index < -0.39 is 17.4 Å². The van der Waals surface area contributed by atoms with Crippen LogP contribution < -0.4 is 0 Å². The SMILES string of the molecule is CC(C)(C(=O)O)C(=O)OCc1ccccc1. The molecule has 0 amide bonds. The van der Waals surface area contributed by atoms with Crippen LogP contribution in [0.1, 0.15) is 19.4 Å². The smallest absolute Gasteiger partial charge is 0.323 e. The minimum absolute atomic E-state index is 0.0936. The molecular formula is C12H14O4. The van der Waals surface area contributed by atoms with Crippen molar-refractivity contribution >= 4 is 11.9 Å². The summed E-state index contributed by atoms with van der Waals surface area (Å²) in [5.74, 6) is -1.92. The second-order valence-corrected chi connectivity index (χ2v) is 3.99. The molecule has 1 aromatic carbocycles. The van der Waals surface area contributed by atoms with Gasteiger partial charge in [0.05, 0.1) is 0 Å². The maximum atomic E-state index is 11.5. The Kier molecular flexibility index (Phi) is 3.66. The molecule has 0 aliphatic carbocycles. The highest BCUT2D eigenvalue weighted by Gasteiger charge is 2.37. The molecule has 1 rings (SSSR count). The summed E-state index contributed by atoms with van der Waals surface area (Å²) in [5, 5.41) is 8.81. The van der Waals surface area contributed by atoms with E-state index in [2.05, 4.69) is 0 Å². The predicted molar refractivity (Wildman–Crippen MR) is 57.7 cm³/mol. The Hall–Kier alpha value is -1.84. The van der Waals surface area contributed by atoms with Gasteiger partial charge in [-0.1, -0.05) is 30.3 Å². The predicted octanol–water partition coefficient (Wildman–Crippen LogP) is 1.84. The highest BCUT2D eigenvalue weighted by atomic mass is 16.5. The van der Waals surface area contributed by atoms with Gasteiger partial charge in [0.25, 0.3) is 0 Å². The molecule has 0 heterocycles. The first-order valence-corrected chi connectivity index (χ1v) is 4.89. The van der Waals surface area contributed by atoms with Crippen LogP contribution in [-0.2, 0) is 20.9 Å². The van der Waals surface area contributed by atoms with E-state index >= 15 is 0 Å². The molecule has 0 aromatic heterocycles. The van der Waals surface area contributed by atoms with Crippen molar-refractivity contribution in [3.63, 3.8) is 0 Å². The van der Waals surface area contributed by atoms with Gasteiger partial charge in [0.2, 0.25) is 0 Å². The maximum Gasteiger partial charge on any atom is 0.323 e. The van der Waals surface area contributed by atoms with Gasteiger partial charge in [-0.15, -0.1) is 0 Å². The van der Waals surface area contributed by atoms with Gasteiger partial charge in [-0.25, -0.2) is 0 Å². The Morgan fingerprint density at radius 1 is 1.25 bits per heavy atom. The summed E-state index contributed by atoms with van der Waals surface area (Å²) in [6.07, 6.45) is 0. The molecule has 1 aromatic rings. The lowest BCUT2D eigenvalue weighted by atomic mass is 9.94. The standard InChI is InChI=1S/C12H14O4/c1-12(2,10(13)14)11(15)16-8-9-6-4-3-5-7-9/h3-7H,8H2,1-2H3,(H,13,14). The van der Waals surface area contributed by atoms with Gasteiger partial charge in [0.1, 0.15) is 6.61 Å². The number of hydrogen-bond acceptors (Lipinski definition) is 3. The van der Waals surface area contributed by atoms with E-state index in [1.54, 1.807) is 12.1 Å². The average molecular weight is 222 g/mol. The zero-order valence-electron chi connectivity index (χ0n) is 9.27. The number of carbonyl (C=O) groups is 2. The molecule has 0 unspecified atom stereocenters. The molecule has 0 fully saturated rings. The number of hydrogen-bond donors (Lipinski definition) is 1. The molecule has 0 radical (unpaired) electrons. The van der Waals surface area contributed by atoms with Gasteiger partial charge in [0.15, 0.2) is 5.41 Å². The van der Waals surface area contributed by atoms with Gasteiger partial charge in [-0.05, 0) is 19.4 Å². The van der Waals surface area contributed by atoms with Crippen molar-refractivity contribution in [3.8, 4) is 0 Å². The van der Waals surface area contributed by atoms with Crippen LogP contribution in [0.5, 0.6) is 0 Å². The monoisotopic (exact) mass is 222 g/mol. The van der Waals surface area contributed by atoms with Crippen LogP contribution in [0, 0.1) is 5.41 Å². The van der Waals surface area contributed by atoms with E-state index in [0.29, 0.717) is 0 Å². The van der Waals surface area contributed by atoms with Crippen molar-refractivity contribution in [2.24, 2.45) is 5.41 Å². The van der Waals surface area contributed by atoms with Crippen LogP contribution in [0.15, 0.2) is 30.3 Å². The number of benzene rings is 1. The summed E-state index contributed by atoms with van der Waals surface area (Å²) in [7, 11) is 0. The summed E-state index contributed by atoms with van der Waals surface area (Å²) in [6.45, 7) is 2.74. The highest BCUT2D eigenvalue weighted by Crippen LogP contribution is 2.18. The van der Waals surface area contributed by atoms with Crippen molar-refractivity contribution < 1.29 is 19.4 Å². The molecule has 0 saturated heterocycles. The van der Waals surface area contributed by atoms with Gasteiger partial charge < -0.3 is 9.84 Å². The maximum absolute atomic E-state index is 11.5. The second-order valence-electron chi connectivity index (χ2n) is 3.99. The van der Waals surface area contributed by atoms with E-state index in [9.17, 15) is 9.59 Å². The summed E-state index contributed by atoms with van der Waals surface area (Å²) in [6, 6.07) is 9.12. The molecule has 4 heteroatoms. The number of aliphatic carboxylic acids is 1. The largest absolute Gasteiger partial charge is 0.480 e. The molecule has 0 atom stereocenters. The van der Waals surface area contributed by atoms with E-state index in [1.165, 1.54) is 13.8 Å². The fourth-order valence-corrected chi connectivity index (χ4v) is 0.991. The summed E-state index contributed by atoms with van der Waals surface area (Å²) in [4.78, 5) is 22.2. The van der Waals surface area contributed by atoms with Crippen molar-refractivity contribution in [2.75, 3.05) is 0 Å². The third-order valence-electron chi connectivity index (χ3n) is 2.26. The first kappa shape index (κ1) is 12.2. The van der Waals surface area contributed by atoms with Crippen molar-refractivity contribution in [1.29, 1.82) is 0 Å². The Morgan fingerprint density at radius 2 is 1.81 bits per heavy atom. The number of rotatable bonds is 4. The molecule has 0 bridgehead atoms. The summed E-state index contributed by atoms with van der Waals surface area (Å²) >= 11 is 0. The summed E-state index contributed by atoms with van der Waals surface area (Å²) < 4.78 is 4.93. The molecule has 16 heavy (non-hydrogen) atoms. The lowest BCUT2D eigenvalue weighted by Gasteiger charge is -2.17. The fourth-order valence-electron chi connectivity index (χ4n) is 0.991. The van der Waals surface area contributed by atoms with Gasteiger partial charge in [-0.3, -0.25) is 9.59 Å². The van der Waals surface area contributed by atoms with Crippen LogP contribution in [0.3, 0.4) is 0 Å². The Labute approximate surface area is 93.9 Å².